The van der Waals surface area contributed by atoms with E-state index in [0.29, 0.717) is 22.0 Å². The average Bonchev–Trinajstić information content (AvgIpc) is 3.47. The second-order valence-corrected chi connectivity index (χ2v) is 9.14. The molecule has 0 atom stereocenters. The second kappa shape index (κ2) is 10.2. The largest absolute Gasteiger partial charge is 0.476 e. The highest BCUT2D eigenvalue weighted by Crippen LogP contribution is 2.52. The minimum Gasteiger partial charge on any atom is -0.476 e. The van der Waals surface area contributed by atoms with E-state index in [-0.39, 0.29) is 16.9 Å². The Bertz CT molecular complexity index is 1160. The molecule has 6 nitrogen and oxygen atoms in total. The van der Waals surface area contributed by atoms with Crippen LogP contribution in [0.2, 0.25) is 10.0 Å². The van der Waals surface area contributed by atoms with Crippen LogP contribution in [0.25, 0.3) is 11.3 Å². The van der Waals surface area contributed by atoms with Crippen molar-refractivity contribution in [1.29, 1.82) is 0 Å². The summed E-state index contributed by atoms with van der Waals surface area (Å²) in [6.45, 7) is 0.387. The molecule has 0 amide bonds. The van der Waals surface area contributed by atoms with Crippen LogP contribution >= 0.6 is 35.0 Å². The van der Waals surface area contributed by atoms with Crippen LogP contribution in [0.4, 0.5) is 8.78 Å². The molecule has 0 aliphatic carbocycles. The predicted octanol–water partition coefficient (Wildman–Crippen LogP) is 6.48. The van der Waals surface area contributed by atoms with Gasteiger partial charge >= 0.3 is 12.6 Å². The van der Waals surface area contributed by atoms with Gasteiger partial charge in [0.25, 0.3) is 0 Å². The molecule has 4 rings (SSSR count). The number of fused-ring (bicyclic) bond motifs is 1. The minimum absolute atomic E-state index is 0.0234. The Balaban J connectivity index is 0.000000196. The molecule has 0 fully saturated rings. The van der Waals surface area contributed by atoms with Gasteiger partial charge in [0, 0.05) is 22.4 Å². The van der Waals surface area contributed by atoms with Crippen molar-refractivity contribution >= 4 is 40.9 Å². The van der Waals surface area contributed by atoms with Crippen molar-refractivity contribution in [3.05, 3.63) is 52.5 Å². The number of hydrogen-bond acceptors (Lipinski definition) is 6. The number of carbonyl (C=O) groups is 1. The molecule has 0 spiro atoms. The van der Waals surface area contributed by atoms with Gasteiger partial charge in [0.2, 0.25) is 5.88 Å². The van der Waals surface area contributed by atoms with E-state index in [2.05, 4.69) is 14.6 Å². The molecule has 33 heavy (non-hydrogen) atoms. The van der Waals surface area contributed by atoms with Crippen LogP contribution in [-0.4, -0.2) is 35.1 Å². The number of hydrogen-bond donors (Lipinski definition) is 0. The maximum absolute atomic E-state index is 12.3. The molecule has 0 saturated heterocycles. The van der Waals surface area contributed by atoms with Crippen LogP contribution in [0.5, 0.6) is 11.6 Å². The molecule has 2 aromatic carbocycles. The molecule has 1 aromatic heterocycles. The van der Waals surface area contributed by atoms with Gasteiger partial charge in [0.15, 0.2) is 5.60 Å². The van der Waals surface area contributed by atoms with Crippen LogP contribution in [0, 0.1) is 0 Å². The minimum atomic E-state index is -2.96. The van der Waals surface area contributed by atoms with Crippen molar-refractivity contribution in [2.45, 2.75) is 35.9 Å². The lowest BCUT2D eigenvalue weighted by Gasteiger charge is -2.23. The van der Waals surface area contributed by atoms with Crippen LogP contribution in [-0.2, 0) is 16.6 Å². The van der Waals surface area contributed by atoms with Crippen molar-refractivity contribution in [3.63, 3.8) is 0 Å². The maximum Gasteiger partial charge on any atom is 0.388 e. The third-order valence-corrected chi connectivity index (χ3v) is 5.96. The van der Waals surface area contributed by atoms with E-state index in [1.165, 1.54) is 18.8 Å². The lowest BCUT2D eigenvalue weighted by molar-refractivity contribution is -0.156. The average molecular weight is 517 g/mol. The van der Waals surface area contributed by atoms with Crippen molar-refractivity contribution < 1.29 is 27.8 Å². The number of rotatable bonds is 6. The zero-order chi connectivity index (χ0) is 24.3. The SMILES string of the molecule is COC(=O)C(C)(C)Oc1ccccc1.Cn1nc(-c2cc3c(cc2Cl)S3)c(Cl)c1OC(F)F. The highest BCUT2D eigenvalue weighted by Gasteiger charge is 2.31. The van der Waals surface area contributed by atoms with Crippen LogP contribution in [0.3, 0.4) is 0 Å². The molecule has 0 N–H and O–H groups in total. The molecule has 3 aromatic rings. The van der Waals surface area contributed by atoms with Gasteiger partial charge in [0.05, 0.1) is 12.1 Å². The van der Waals surface area contributed by atoms with E-state index in [4.69, 9.17) is 27.9 Å². The molecule has 2 heterocycles. The van der Waals surface area contributed by atoms with E-state index < -0.39 is 12.2 Å². The highest BCUT2D eigenvalue weighted by atomic mass is 35.5. The Hall–Kier alpha value is -2.49. The van der Waals surface area contributed by atoms with Crippen molar-refractivity contribution in [1.82, 2.24) is 9.78 Å². The maximum atomic E-state index is 12.3. The van der Waals surface area contributed by atoms with Crippen molar-refractivity contribution in [2.24, 2.45) is 7.05 Å². The molecule has 1 aliphatic heterocycles. The Morgan fingerprint density at radius 1 is 1.15 bits per heavy atom. The number of halogens is 4. The number of ether oxygens (including phenoxy) is 3. The van der Waals surface area contributed by atoms with Gasteiger partial charge in [-0.1, -0.05) is 53.2 Å². The van der Waals surface area contributed by atoms with Crippen LogP contribution < -0.4 is 9.47 Å². The van der Waals surface area contributed by atoms with E-state index in [1.807, 2.05) is 24.3 Å². The summed E-state index contributed by atoms with van der Waals surface area (Å²) in [5.41, 5.74) is -0.00826. The molecule has 0 bridgehead atoms. The van der Waals surface area contributed by atoms with Gasteiger partial charge in [-0.05, 0) is 38.1 Å². The Morgan fingerprint density at radius 2 is 1.79 bits per heavy atom. The van der Waals surface area contributed by atoms with Crippen molar-refractivity contribution in [3.8, 4) is 22.9 Å². The van der Waals surface area contributed by atoms with Crippen LogP contribution in [0.1, 0.15) is 13.8 Å². The predicted molar refractivity (Wildman–Crippen MR) is 123 cm³/mol. The van der Waals surface area contributed by atoms with Gasteiger partial charge in [-0.15, -0.1) is 0 Å². The van der Waals surface area contributed by atoms with Gasteiger partial charge in [-0.3, -0.25) is 0 Å². The van der Waals surface area contributed by atoms with E-state index >= 15 is 0 Å². The number of methoxy groups -OCH3 is 1. The third-order valence-electron chi connectivity index (χ3n) is 4.40. The third kappa shape index (κ3) is 6.10. The Morgan fingerprint density at radius 3 is 2.39 bits per heavy atom. The van der Waals surface area contributed by atoms with Gasteiger partial charge in [-0.25, -0.2) is 9.48 Å². The van der Waals surface area contributed by atoms with Crippen LogP contribution in [0.15, 0.2) is 52.3 Å². The Labute approximate surface area is 203 Å². The molecule has 176 valence electrons. The first-order chi connectivity index (χ1) is 15.5. The zero-order valence-electron chi connectivity index (χ0n) is 18.1. The number of nitrogens with zero attached hydrogens (tertiary/aromatic N) is 2. The summed E-state index contributed by atoms with van der Waals surface area (Å²) in [5, 5.41) is 4.59. The fraction of sp³-hybridized carbons (Fsp3) is 0.273. The number of aryl methyl sites for hydroxylation is 1. The fourth-order valence-electron chi connectivity index (χ4n) is 2.81. The second-order valence-electron chi connectivity index (χ2n) is 7.27. The first-order valence-corrected chi connectivity index (χ1v) is 11.1. The molecular formula is C22H20Cl2F2N2O4S. The first-order valence-electron chi connectivity index (χ1n) is 9.55. The summed E-state index contributed by atoms with van der Waals surface area (Å²) in [6, 6.07) is 12.8. The van der Waals surface area contributed by atoms with Gasteiger partial charge < -0.3 is 14.2 Å². The molecule has 11 heteroatoms. The Kier molecular flexibility index (Phi) is 7.76. The molecule has 1 aliphatic rings. The lowest BCUT2D eigenvalue weighted by Crippen LogP contribution is -2.39. The number of alkyl halides is 2. The summed E-state index contributed by atoms with van der Waals surface area (Å²) in [7, 11) is 2.82. The standard InChI is InChI=1S/C11H6Cl2F2N2OS.C11H14O3/c1-17-10(18-11(14)15)8(13)9(16-17)4-2-6-7(19-6)3-5(4)12;1-11(2,10(12)13-3)14-9-7-5-4-6-8-9/h2-3,11H,1H3;4-8H,1-3H3. The lowest BCUT2D eigenvalue weighted by atomic mass is 10.1. The summed E-state index contributed by atoms with van der Waals surface area (Å²) in [4.78, 5) is 13.5. The highest BCUT2D eigenvalue weighted by molar-refractivity contribution is 8.05. The van der Waals surface area contributed by atoms with E-state index in [1.54, 1.807) is 43.8 Å². The smallest absolute Gasteiger partial charge is 0.388 e. The van der Waals surface area contributed by atoms with Gasteiger partial charge in [-0.2, -0.15) is 13.9 Å². The van der Waals surface area contributed by atoms with E-state index in [0.717, 1.165) is 9.79 Å². The van der Waals surface area contributed by atoms with E-state index in [9.17, 15) is 13.6 Å². The quantitative estimate of drug-likeness (QED) is 0.216. The topological polar surface area (TPSA) is 62.6 Å². The number of aromatic nitrogens is 2. The summed E-state index contributed by atoms with van der Waals surface area (Å²) in [6.07, 6.45) is 0. The summed E-state index contributed by atoms with van der Waals surface area (Å²) < 4.78 is 40.2. The molecule has 0 radical (unpaired) electrons. The number of esters is 1. The fourth-order valence-corrected chi connectivity index (χ4v) is 4.09. The number of carbonyl (C=O) groups excluding carboxylic acids is 1. The summed E-state index contributed by atoms with van der Waals surface area (Å²) in [5.74, 6) is 0.0875. The number of para-hydroxylation sites is 1. The number of benzene rings is 2. The van der Waals surface area contributed by atoms with Crippen molar-refractivity contribution in [2.75, 3.05) is 7.11 Å². The summed E-state index contributed by atoms with van der Waals surface area (Å²) >= 11 is 13.8. The zero-order valence-corrected chi connectivity index (χ0v) is 20.4. The van der Waals surface area contributed by atoms with Gasteiger partial charge in [0.1, 0.15) is 16.5 Å². The molecule has 0 saturated carbocycles. The monoisotopic (exact) mass is 516 g/mol. The first kappa shape index (κ1) is 25.1. The normalized spacial score (nSPS) is 11.9. The molecular weight excluding hydrogens is 497 g/mol. The molecule has 0 unspecified atom stereocenters.